The second-order valence-corrected chi connectivity index (χ2v) is 11.5. The molecule has 2 aliphatic heterocycles. The number of Topliss-reactive ketones (excluding diaryl/α,β-unsaturated/α-hetero) is 1. The van der Waals surface area contributed by atoms with Crippen LogP contribution < -0.4 is 10.5 Å². The highest BCUT2D eigenvalue weighted by molar-refractivity contribution is 6.00. The number of hydrogen-bond acceptors (Lipinski definition) is 10. The van der Waals surface area contributed by atoms with Crippen molar-refractivity contribution < 1.29 is 19.1 Å². The summed E-state index contributed by atoms with van der Waals surface area (Å²) in [4.78, 5) is 40.7. The fourth-order valence-corrected chi connectivity index (χ4v) is 6.75. The number of fused-ring (bicyclic) bond motifs is 3. The Balaban J connectivity index is 1.18. The SMILES string of the molecule is COCCOc1ccc(-c2ccc(-c3cnn4c(N)c(C(C)=O)c([C@@H]5C[C@H]6CC[C@@H](C5)N6C(=O)c5nnc[nH]5)nc34)cn2)cc1. The van der Waals surface area contributed by atoms with E-state index in [4.69, 9.17) is 25.2 Å². The highest BCUT2D eigenvalue weighted by Crippen LogP contribution is 2.45. The summed E-state index contributed by atoms with van der Waals surface area (Å²) in [5.74, 6) is 0.918. The van der Waals surface area contributed by atoms with Gasteiger partial charge in [-0.15, -0.1) is 10.2 Å². The standard InChI is InChI=1S/C32H33N9O4/c1-18(42)27-28(21-13-22-6-7-23(14-21)40(22)32(43)30-35-17-36-39-30)38-31-25(16-37-41(31)29(27)33)20-5-10-26(34-15-20)19-3-8-24(9-4-19)45-12-11-44-2/h3-5,8-10,15-17,21-23H,6-7,11-14,33H2,1-2H3,(H,35,36,39)/t21-,22-,23+. The van der Waals surface area contributed by atoms with Crippen molar-refractivity contribution in [3.05, 3.63) is 72.2 Å². The number of ketones is 1. The molecule has 0 saturated carbocycles. The van der Waals surface area contributed by atoms with Crippen LogP contribution in [0.4, 0.5) is 5.82 Å². The molecular weight excluding hydrogens is 574 g/mol. The van der Waals surface area contributed by atoms with Crippen LogP contribution in [0.5, 0.6) is 5.75 Å². The number of aromatic amines is 1. The van der Waals surface area contributed by atoms with E-state index in [1.165, 1.54) is 17.8 Å². The number of pyridine rings is 1. The van der Waals surface area contributed by atoms with Crippen molar-refractivity contribution >= 4 is 23.2 Å². The minimum Gasteiger partial charge on any atom is -0.491 e. The van der Waals surface area contributed by atoms with Crippen molar-refractivity contribution in [3.8, 4) is 28.1 Å². The lowest BCUT2D eigenvalue weighted by atomic mass is 9.85. The van der Waals surface area contributed by atoms with Crippen LogP contribution in [0.3, 0.4) is 0 Å². The number of nitrogens with two attached hydrogens (primary N) is 1. The van der Waals surface area contributed by atoms with E-state index in [0.717, 1.165) is 41.0 Å². The zero-order valence-electron chi connectivity index (χ0n) is 25.0. The summed E-state index contributed by atoms with van der Waals surface area (Å²) in [7, 11) is 1.64. The normalized spacial score (nSPS) is 19.2. The number of H-pyrrole nitrogens is 1. The number of ether oxygens (including phenoxy) is 2. The Labute approximate surface area is 258 Å². The second-order valence-electron chi connectivity index (χ2n) is 11.5. The topological polar surface area (TPSA) is 167 Å². The Bertz CT molecular complexity index is 1840. The molecule has 3 atom stereocenters. The molecule has 45 heavy (non-hydrogen) atoms. The summed E-state index contributed by atoms with van der Waals surface area (Å²) in [5.41, 5.74) is 11.6. The van der Waals surface area contributed by atoms with Crippen LogP contribution in [0.15, 0.2) is 55.1 Å². The monoisotopic (exact) mass is 607 g/mol. The Morgan fingerprint density at radius 1 is 1.02 bits per heavy atom. The lowest BCUT2D eigenvalue weighted by Crippen LogP contribution is -2.46. The smallest absolute Gasteiger partial charge is 0.292 e. The van der Waals surface area contributed by atoms with Crippen molar-refractivity contribution in [2.45, 2.75) is 50.6 Å². The van der Waals surface area contributed by atoms with Gasteiger partial charge in [-0.1, -0.05) is 6.07 Å². The molecule has 2 aliphatic rings. The van der Waals surface area contributed by atoms with E-state index in [2.05, 4.69) is 20.3 Å². The summed E-state index contributed by atoms with van der Waals surface area (Å²) in [6.45, 7) is 2.52. The van der Waals surface area contributed by atoms with Gasteiger partial charge in [0.2, 0.25) is 5.82 Å². The minimum atomic E-state index is -0.164. The zero-order chi connectivity index (χ0) is 31.1. The number of nitrogens with one attached hydrogen (secondary N) is 1. The largest absolute Gasteiger partial charge is 0.491 e. The highest BCUT2D eigenvalue weighted by Gasteiger charge is 2.45. The predicted molar refractivity (Wildman–Crippen MR) is 165 cm³/mol. The molecule has 3 N–H and O–H groups in total. The molecule has 13 heteroatoms. The van der Waals surface area contributed by atoms with Gasteiger partial charge in [0.05, 0.1) is 29.8 Å². The van der Waals surface area contributed by atoms with Gasteiger partial charge in [-0.05, 0) is 62.9 Å². The van der Waals surface area contributed by atoms with E-state index in [1.54, 1.807) is 19.5 Å². The van der Waals surface area contributed by atoms with Crippen LogP contribution in [0.1, 0.15) is 65.2 Å². The first-order valence-corrected chi connectivity index (χ1v) is 15.0. The molecular formula is C32H33N9O4. The number of benzene rings is 1. The maximum absolute atomic E-state index is 13.2. The maximum atomic E-state index is 13.2. The second kappa shape index (κ2) is 11.7. The van der Waals surface area contributed by atoms with E-state index in [9.17, 15) is 9.59 Å². The number of amides is 1. The number of aromatic nitrogens is 7. The fraction of sp³-hybridized carbons (Fsp3) is 0.344. The van der Waals surface area contributed by atoms with Gasteiger partial charge in [0, 0.05) is 48.0 Å². The Kier molecular flexibility index (Phi) is 7.45. The van der Waals surface area contributed by atoms with E-state index in [1.807, 2.05) is 41.3 Å². The van der Waals surface area contributed by atoms with E-state index in [0.29, 0.717) is 43.0 Å². The predicted octanol–water partition coefficient (Wildman–Crippen LogP) is 3.94. The van der Waals surface area contributed by atoms with Gasteiger partial charge in [0.25, 0.3) is 5.91 Å². The van der Waals surface area contributed by atoms with Crippen LogP contribution >= 0.6 is 0 Å². The first kappa shape index (κ1) is 28.6. The molecule has 2 bridgehead atoms. The summed E-state index contributed by atoms with van der Waals surface area (Å²) in [6.07, 6.45) is 8.02. The Hall–Kier alpha value is -5.17. The molecule has 2 fully saturated rings. The Morgan fingerprint density at radius 3 is 2.42 bits per heavy atom. The molecule has 230 valence electrons. The number of anilines is 1. The molecule has 4 aromatic heterocycles. The Morgan fingerprint density at radius 2 is 1.78 bits per heavy atom. The average molecular weight is 608 g/mol. The van der Waals surface area contributed by atoms with E-state index in [-0.39, 0.29) is 41.3 Å². The van der Waals surface area contributed by atoms with Crippen LogP contribution in [0.25, 0.3) is 28.0 Å². The number of hydrogen-bond donors (Lipinski definition) is 2. The van der Waals surface area contributed by atoms with Gasteiger partial charge in [-0.2, -0.15) is 9.61 Å². The number of piperidine rings is 1. The summed E-state index contributed by atoms with van der Waals surface area (Å²) >= 11 is 0. The number of methoxy groups -OCH3 is 1. The summed E-state index contributed by atoms with van der Waals surface area (Å²) in [5, 5.41) is 12.2. The molecule has 1 amide bonds. The van der Waals surface area contributed by atoms with Gasteiger partial charge in [0.15, 0.2) is 11.4 Å². The molecule has 0 aliphatic carbocycles. The number of carbonyl (C=O) groups excluding carboxylic acids is 2. The van der Waals surface area contributed by atoms with Crippen LogP contribution in [-0.4, -0.2) is 83.8 Å². The number of carbonyl (C=O) groups is 2. The molecule has 7 rings (SSSR count). The van der Waals surface area contributed by atoms with Crippen LogP contribution in [-0.2, 0) is 4.74 Å². The lowest BCUT2D eigenvalue weighted by Gasteiger charge is -2.38. The average Bonchev–Trinajstić information content (AvgIpc) is 3.80. The summed E-state index contributed by atoms with van der Waals surface area (Å²) < 4.78 is 12.2. The molecule has 5 aromatic rings. The van der Waals surface area contributed by atoms with Gasteiger partial charge in [-0.25, -0.2) is 4.98 Å². The number of nitrogens with zero attached hydrogens (tertiary/aromatic N) is 7. The first-order chi connectivity index (χ1) is 21.9. The number of rotatable bonds is 9. The number of nitrogen functional groups attached to an aromatic ring is 1. The van der Waals surface area contributed by atoms with Gasteiger partial charge >= 0.3 is 0 Å². The molecule has 0 unspecified atom stereocenters. The quantitative estimate of drug-likeness (QED) is 0.185. The third-order valence-electron chi connectivity index (χ3n) is 8.82. The molecule has 0 spiro atoms. The fourth-order valence-electron chi connectivity index (χ4n) is 6.75. The maximum Gasteiger partial charge on any atom is 0.292 e. The van der Waals surface area contributed by atoms with Gasteiger partial charge < -0.3 is 25.1 Å². The molecule has 1 aromatic carbocycles. The minimum absolute atomic E-state index is 0.0116. The lowest BCUT2D eigenvalue weighted by molar-refractivity contribution is 0.0556. The van der Waals surface area contributed by atoms with Gasteiger partial charge in [-0.3, -0.25) is 14.6 Å². The molecule has 13 nitrogen and oxygen atoms in total. The molecule has 6 heterocycles. The van der Waals surface area contributed by atoms with Crippen molar-refractivity contribution in [2.75, 3.05) is 26.1 Å². The highest BCUT2D eigenvalue weighted by atomic mass is 16.5. The molecule has 0 radical (unpaired) electrons. The summed E-state index contributed by atoms with van der Waals surface area (Å²) in [6, 6.07) is 11.7. The van der Waals surface area contributed by atoms with Crippen molar-refractivity contribution in [1.29, 1.82) is 0 Å². The zero-order valence-corrected chi connectivity index (χ0v) is 25.0. The van der Waals surface area contributed by atoms with Crippen molar-refractivity contribution in [3.63, 3.8) is 0 Å². The van der Waals surface area contributed by atoms with E-state index >= 15 is 0 Å². The van der Waals surface area contributed by atoms with Crippen LogP contribution in [0, 0.1) is 0 Å². The van der Waals surface area contributed by atoms with E-state index < -0.39 is 0 Å². The third-order valence-corrected chi connectivity index (χ3v) is 8.82. The van der Waals surface area contributed by atoms with Crippen molar-refractivity contribution in [2.24, 2.45) is 0 Å². The third kappa shape index (κ3) is 5.18. The molecule has 2 saturated heterocycles. The van der Waals surface area contributed by atoms with Crippen LogP contribution in [0.2, 0.25) is 0 Å². The van der Waals surface area contributed by atoms with Gasteiger partial charge in [0.1, 0.15) is 24.5 Å². The van der Waals surface area contributed by atoms with Crippen molar-refractivity contribution in [1.82, 2.24) is 39.7 Å². The first-order valence-electron chi connectivity index (χ1n) is 15.0.